The van der Waals surface area contributed by atoms with Gasteiger partial charge < -0.3 is 4.52 Å². The van der Waals surface area contributed by atoms with E-state index in [9.17, 15) is 21.6 Å². The predicted octanol–water partition coefficient (Wildman–Crippen LogP) is 4.11. The fourth-order valence-electron chi connectivity index (χ4n) is 3.56. The van der Waals surface area contributed by atoms with Crippen molar-refractivity contribution >= 4 is 21.1 Å². The Morgan fingerprint density at radius 2 is 1.93 bits per heavy atom. The van der Waals surface area contributed by atoms with E-state index in [4.69, 9.17) is 4.52 Å². The Kier molecular flexibility index (Phi) is 5.73. The van der Waals surface area contributed by atoms with Crippen molar-refractivity contribution in [1.29, 1.82) is 0 Å². The third-order valence-corrected chi connectivity index (χ3v) is 7.91. The lowest BCUT2D eigenvalue weighted by molar-refractivity contribution is -0.136. The smallest absolute Gasteiger partial charge is 0.336 e. The molecule has 1 aliphatic heterocycles. The fourth-order valence-corrected chi connectivity index (χ4v) is 5.21. The van der Waals surface area contributed by atoms with Crippen LogP contribution in [0.2, 0.25) is 0 Å². The second kappa shape index (κ2) is 7.62. The van der Waals surface area contributed by atoms with Crippen molar-refractivity contribution in [1.82, 2.24) is 14.4 Å². The van der Waals surface area contributed by atoms with E-state index in [1.54, 1.807) is 13.8 Å². The summed E-state index contributed by atoms with van der Waals surface area (Å²) in [5.74, 6) is -0.306. The molecular formula is C18H24F3N3O3S. The first-order valence-electron chi connectivity index (χ1n) is 9.44. The van der Waals surface area contributed by atoms with Crippen molar-refractivity contribution in [2.75, 3.05) is 13.1 Å². The SMILES string of the molecule is CCc1cc(C(F)(F)F)c2c(C3CCN(S(=O)(=O)C(C)CC)CC3)noc2n1. The summed E-state index contributed by atoms with van der Waals surface area (Å²) in [5, 5.41) is 3.32. The van der Waals surface area contributed by atoms with Crippen molar-refractivity contribution in [2.45, 2.75) is 63.8 Å². The topological polar surface area (TPSA) is 76.3 Å². The second-order valence-electron chi connectivity index (χ2n) is 7.20. The molecule has 0 aliphatic carbocycles. The molecule has 2 aromatic rings. The maximum atomic E-state index is 13.6. The molecule has 10 heteroatoms. The number of nitrogens with zero attached hydrogens (tertiary/aromatic N) is 3. The molecule has 1 unspecified atom stereocenters. The molecule has 1 atom stereocenters. The Labute approximate surface area is 162 Å². The minimum atomic E-state index is -4.55. The molecule has 3 rings (SSSR count). The Hall–Kier alpha value is -1.68. The summed E-state index contributed by atoms with van der Waals surface area (Å²) in [4.78, 5) is 4.14. The molecule has 28 heavy (non-hydrogen) atoms. The minimum absolute atomic E-state index is 0.104. The zero-order valence-corrected chi connectivity index (χ0v) is 16.9. The molecule has 0 saturated carbocycles. The molecule has 1 aliphatic rings. The molecule has 0 N–H and O–H groups in total. The Morgan fingerprint density at radius 3 is 2.46 bits per heavy atom. The average Bonchev–Trinajstić information content (AvgIpc) is 3.09. The highest BCUT2D eigenvalue weighted by atomic mass is 32.2. The van der Waals surface area contributed by atoms with Crippen LogP contribution in [0.15, 0.2) is 10.6 Å². The third kappa shape index (κ3) is 3.76. The summed E-state index contributed by atoms with van der Waals surface area (Å²) >= 11 is 0. The molecule has 0 amide bonds. The first kappa shape index (κ1) is 21.0. The van der Waals surface area contributed by atoms with E-state index in [1.807, 2.05) is 6.92 Å². The van der Waals surface area contributed by atoms with E-state index in [-0.39, 0.29) is 41.5 Å². The zero-order valence-electron chi connectivity index (χ0n) is 16.1. The van der Waals surface area contributed by atoms with Crippen LogP contribution in [0.1, 0.15) is 62.9 Å². The molecule has 2 aromatic heterocycles. The number of pyridine rings is 1. The number of rotatable bonds is 5. The van der Waals surface area contributed by atoms with Crippen molar-refractivity contribution in [2.24, 2.45) is 0 Å². The van der Waals surface area contributed by atoms with Gasteiger partial charge in [-0.1, -0.05) is 19.0 Å². The number of halogens is 3. The van der Waals surface area contributed by atoms with E-state index in [2.05, 4.69) is 10.1 Å². The first-order chi connectivity index (χ1) is 13.1. The predicted molar refractivity (Wildman–Crippen MR) is 98.4 cm³/mol. The summed E-state index contributed by atoms with van der Waals surface area (Å²) < 4.78 is 72.4. The number of aryl methyl sites for hydroxylation is 1. The van der Waals surface area contributed by atoms with Crippen LogP contribution in [0.5, 0.6) is 0 Å². The maximum absolute atomic E-state index is 13.6. The number of piperidine rings is 1. The Morgan fingerprint density at radius 1 is 1.29 bits per heavy atom. The van der Waals surface area contributed by atoms with Crippen LogP contribution in [0, 0.1) is 0 Å². The summed E-state index contributed by atoms with van der Waals surface area (Å²) in [6, 6.07) is 1.05. The minimum Gasteiger partial charge on any atom is -0.336 e. The van der Waals surface area contributed by atoms with Gasteiger partial charge in [-0.2, -0.15) is 13.2 Å². The summed E-state index contributed by atoms with van der Waals surface area (Å²) in [7, 11) is -3.39. The fraction of sp³-hybridized carbons (Fsp3) is 0.667. The third-order valence-electron chi connectivity index (χ3n) is 5.48. The van der Waals surface area contributed by atoms with Crippen molar-refractivity contribution in [3.8, 4) is 0 Å². The van der Waals surface area contributed by atoms with Crippen LogP contribution in [0.4, 0.5) is 13.2 Å². The summed E-state index contributed by atoms with van der Waals surface area (Å²) in [6.45, 7) is 5.71. The lowest BCUT2D eigenvalue weighted by Gasteiger charge is -2.32. The Bertz CT molecular complexity index is 948. The lowest BCUT2D eigenvalue weighted by Crippen LogP contribution is -2.42. The molecule has 3 heterocycles. The quantitative estimate of drug-likeness (QED) is 0.729. The van der Waals surface area contributed by atoms with Gasteiger partial charge in [-0.05, 0) is 38.7 Å². The van der Waals surface area contributed by atoms with Gasteiger partial charge in [0, 0.05) is 24.7 Å². The van der Waals surface area contributed by atoms with Crippen molar-refractivity contribution in [3.05, 3.63) is 23.0 Å². The van der Waals surface area contributed by atoms with Gasteiger partial charge in [0.1, 0.15) is 0 Å². The van der Waals surface area contributed by atoms with Gasteiger partial charge in [0.15, 0.2) is 0 Å². The van der Waals surface area contributed by atoms with Crippen molar-refractivity contribution in [3.63, 3.8) is 0 Å². The average molecular weight is 419 g/mol. The molecule has 0 bridgehead atoms. The molecule has 156 valence electrons. The first-order valence-corrected chi connectivity index (χ1v) is 10.9. The van der Waals surface area contributed by atoms with Crippen LogP contribution in [-0.4, -0.2) is 41.2 Å². The van der Waals surface area contributed by atoms with Crippen LogP contribution >= 0.6 is 0 Å². The van der Waals surface area contributed by atoms with E-state index in [0.29, 0.717) is 25.7 Å². The van der Waals surface area contributed by atoms with Gasteiger partial charge in [-0.3, -0.25) is 0 Å². The van der Waals surface area contributed by atoms with Crippen molar-refractivity contribution < 1.29 is 26.1 Å². The normalized spacial score (nSPS) is 18.6. The van der Waals surface area contributed by atoms with Gasteiger partial charge in [-0.25, -0.2) is 17.7 Å². The molecule has 6 nitrogen and oxygen atoms in total. The lowest BCUT2D eigenvalue weighted by atomic mass is 9.91. The zero-order chi connectivity index (χ0) is 20.7. The molecule has 0 spiro atoms. The number of hydrogen-bond acceptors (Lipinski definition) is 5. The van der Waals surface area contributed by atoms with E-state index in [1.165, 1.54) is 4.31 Å². The van der Waals surface area contributed by atoms with E-state index < -0.39 is 27.0 Å². The highest BCUT2D eigenvalue weighted by molar-refractivity contribution is 7.89. The van der Waals surface area contributed by atoms with E-state index >= 15 is 0 Å². The second-order valence-corrected chi connectivity index (χ2v) is 9.55. The molecule has 0 aromatic carbocycles. The van der Waals surface area contributed by atoms with Crippen LogP contribution < -0.4 is 0 Å². The monoisotopic (exact) mass is 419 g/mol. The highest BCUT2D eigenvalue weighted by Crippen LogP contribution is 2.40. The number of hydrogen-bond donors (Lipinski definition) is 0. The molecule has 1 fully saturated rings. The van der Waals surface area contributed by atoms with Gasteiger partial charge in [0.05, 0.1) is 21.9 Å². The van der Waals surface area contributed by atoms with E-state index in [0.717, 1.165) is 6.07 Å². The number of sulfonamides is 1. The molecule has 0 radical (unpaired) electrons. The number of aromatic nitrogens is 2. The standard InChI is InChI=1S/C18H24F3N3O3S/c1-4-11(3)28(25,26)24-8-6-12(7-9-24)16-15-14(18(19,20)21)10-13(5-2)22-17(15)27-23-16/h10-12H,4-9H2,1-3H3. The van der Waals surface area contributed by atoms with Crippen LogP contribution in [0.3, 0.4) is 0 Å². The number of alkyl halides is 3. The largest absolute Gasteiger partial charge is 0.417 e. The molecular weight excluding hydrogens is 395 g/mol. The van der Waals surface area contributed by atoms with Gasteiger partial charge in [-0.15, -0.1) is 0 Å². The Balaban J connectivity index is 1.92. The highest BCUT2D eigenvalue weighted by Gasteiger charge is 2.39. The van der Waals surface area contributed by atoms with Gasteiger partial charge in [0.25, 0.3) is 5.71 Å². The maximum Gasteiger partial charge on any atom is 0.417 e. The van der Waals surface area contributed by atoms with Crippen LogP contribution in [0.25, 0.3) is 11.1 Å². The van der Waals surface area contributed by atoms with Gasteiger partial charge in [0.2, 0.25) is 10.0 Å². The molecule has 1 saturated heterocycles. The number of fused-ring (bicyclic) bond motifs is 1. The summed E-state index contributed by atoms with van der Waals surface area (Å²) in [5.41, 5.74) is -0.397. The van der Waals surface area contributed by atoms with Gasteiger partial charge >= 0.3 is 6.18 Å². The summed E-state index contributed by atoms with van der Waals surface area (Å²) in [6.07, 6.45) is -2.91. The van der Waals surface area contributed by atoms with Crippen LogP contribution in [-0.2, 0) is 22.6 Å².